The number of nitrogens with one attached hydrogen (secondary N) is 1. The lowest BCUT2D eigenvalue weighted by Gasteiger charge is -2.06. The summed E-state index contributed by atoms with van der Waals surface area (Å²) >= 11 is 0. The van der Waals surface area contributed by atoms with Gasteiger partial charge in [-0.1, -0.05) is 19.9 Å². The van der Waals surface area contributed by atoms with Crippen molar-refractivity contribution in [3.05, 3.63) is 30.1 Å². The number of benzene rings is 1. The van der Waals surface area contributed by atoms with Crippen LogP contribution in [-0.4, -0.2) is 5.91 Å². The first kappa shape index (κ1) is 11.7. The molecule has 1 amide bonds. The summed E-state index contributed by atoms with van der Waals surface area (Å²) in [6.07, 6.45) is 1.33. The summed E-state index contributed by atoms with van der Waals surface area (Å²) in [5.41, 5.74) is 0.517. The van der Waals surface area contributed by atoms with Crippen LogP contribution >= 0.6 is 0 Å². The van der Waals surface area contributed by atoms with Crippen molar-refractivity contribution in [2.75, 3.05) is 5.32 Å². The highest BCUT2D eigenvalue weighted by Crippen LogP contribution is 2.11. The van der Waals surface area contributed by atoms with Crippen LogP contribution in [0, 0.1) is 11.7 Å². The molecule has 3 heteroatoms. The van der Waals surface area contributed by atoms with E-state index in [-0.39, 0.29) is 11.7 Å². The molecule has 0 unspecified atom stereocenters. The zero-order chi connectivity index (χ0) is 11.3. The number of hydrogen-bond donors (Lipinski definition) is 1. The van der Waals surface area contributed by atoms with E-state index in [0.29, 0.717) is 18.0 Å². The molecule has 0 radical (unpaired) electrons. The van der Waals surface area contributed by atoms with Gasteiger partial charge in [0.2, 0.25) is 5.91 Å². The van der Waals surface area contributed by atoms with Gasteiger partial charge in [0.05, 0.1) is 0 Å². The molecule has 0 aromatic heterocycles. The Bertz CT molecular complexity index is 336. The van der Waals surface area contributed by atoms with Crippen LogP contribution in [0.2, 0.25) is 0 Å². The number of amides is 1. The average molecular weight is 209 g/mol. The second kappa shape index (κ2) is 5.49. The van der Waals surface area contributed by atoms with E-state index >= 15 is 0 Å². The molecule has 0 heterocycles. The molecule has 1 aromatic carbocycles. The Labute approximate surface area is 89.5 Å². The average Bonchev–Trinajstić information content (AvgIpc) is 2.15. The van der Waals surface area contributed by atoms with Crippen LogP contribution in [0.15, 0.2) is 24.3 Å². The van der Waals surface area contributed by atoms with Gasteiger partial charge in [0.1, 0.15) is 5.82 Å². The molecular formula is C12H16FNO. The van der Waals surface area contributed by atoms with Crippen molar-refractivity contribution in [2.24, 2.45) is 5.92 Å². The molecule has 15 heavy (non-hydrogen) atoms. The van der Waals surface area contributed by atoms with Crippen molar-refractivity contribution in [1.29, 1.82) is 0 Å². The number of hydrogen-bond acceptors (Lipinski definition) is 1. The molecule has 0 atom stereocenters. The molecular weight excluding hydrogens is 193 g/mol. The normalized spacial score (nSPS) is 10.4. The molecule has 0 aliphatic heterocycles. The SMILES string of the molecule is CC(C)CCC(=O)Nc1cccc(F)c1. The van der Waals surface area contributed by atoms with Gasteiger partial charge in [-0.25, -0.2) is 4.39 Å². The van der Waals surface area contributed by atoms with Crippen molar-refractivity contribution < 1.29 is 9.18 Å². The number of rotatable bonds is 4. The molecule has 0 aliphatic rings. The standard InChI is InChI=1S/C12H16FNO/c1-9(2)6-7-12(15)14-11-5-3-4-10(13)8-11/h3-5,8-9H,6-7H2,1-2H3,(H,14,15). The second-order valence-corrected chi connectivity index (χ2v) is 3.99. The summed E-state index contributed by atoms with van der Waals surface area (Å²) in [5, 5.41) is 2.66. The van der Waals surface area contributed by atoms with Crippen LogP contribution < -0.4 is 5.32 Å². The Kier molecular flexibility index (Phi) is 4.28. The maximum Gasteiger partial charge on any atom is 0.224 e. The monoisotopic (exact) mass is 209 g/mol. The minimum atomic E-state index is -0.336. The summed E-state index contributed by atoms with van der Waals surface area (Å²) < 4.78 is 12.8. The van der Waals surface area contributed by atoms with Crippen molar-refractivity contribution >= 4 is 11.6 Å². The number of halogens is 1. The van der Waals surface area contributed by atoms with E-state index in [2.05, 4.69) is 19.2 Å². The highest BCUT2D eigenvalue weighted by atomic mass is 19.1. The Balaban J connectivity index is 2.44. The third kappa shape index (κ3) is 4.58. The number of carbonyl (C=O) groups excluding carboxylic acids is 1. The molecule has 0 bridgehead atoms. The van der Waals surface area contributed by atoms with Gasteiger partial charge >= 0.3 is 0 Å². The molecule has 2 nitrogen and oxygen atoms in total. The molecule has 1 rings (SSSR count). The highest BCUT2D eigenvalue weighted by molar-refractivity contribution is 5.90. The van der Waals surface area contributed by atoms with E-state index in [4.69, 9.17) is 0 Å². The second-order valence-electron chi connectivity index (χ2n) is 3.99. The van der Waals surface area contributed by atoms with Crippen LogP contribution in [0.4, 0.5) is 10.1 Å². The molecule has 82 valence electrons. The van der Waals surface area contributed by atoms with Gasteiger partial charge in [-0.2, -0.15) is 0 Å². The number of anilines is 1. The summed E-state index contributed by atoms with van der Waals surface area (Å²) in [5.74, 6) is 0.106. The van der Waals surface area contributed by atoms with E-state index in [1.807, 2.05) is 0 Å². The van der Waals surface area contributed by atoms with Gasteiger partial charge in [0.25, 0.3) is 0 Å². The van der Waals surface area contributed by atoms with Gasteiger partial charge in [0, 0.05) is 12.1 Å². The Morgan fingerprint density at radius 2 is 2.20 bits per heavy atom. The zero-order valence-corrected chi connectivity index (χ0v) is 9.09. The smallest absolute Gasteiger partial charge is 0.224 e. The van der Waals surface area contributed by atoms with Gasteiger partial charge in [-0.05, 0) is 30.5 Å². The molecule has 0 aliphatic carbocycles. The third-order valence-corrected chi connectivity index (χ3v) is 2.06. The lowest BCUT2D eigenvalue weighted by atomic mass is 10.1. The largest absolute Gasteiger partial charge is 0.326 e. The Morgan fingerprint density at radius 1 is 1.47 bits per heavy atom. The molecule has 1 aromatic rings. The minimum absolute atomic E-state index is 0.0608. The lowest BCUT2D eigenvalue weighted by Crippen LogP contribution is -2.12. The molecule has 0 spiro atoms. The fourth-order valence-corrected chi connectivity index (χ4v) is 1.21. The minimum Gasteiger partial charge on any atom is -0.326 e. The zero-order valence-electron chi connectivity index (χ0n) is 9.09. The van der Waals surface area contributed by atoms with Crippen molar-refractivity contribution in [2.45, 2.75) is 26.7 Å². The van der Waals surface area contributed by atoms with Crippen LogP contribution in [0.25, 0.3) is 0 Å². The van der Waals surface area contributed by atoms with Crippen LogP contribution in [0.1, 0.15) is 26.7 Å². The maximum absolute atomic E-state index is 12.8. The summed E-state index contributed by atoms with van der Waals surface area (Å²) in [4.78, 5) is 11.4. The predicted molar refractivity (Wildman–Crippen MR) is 59.1 cm³/mol. The lowest BCUT2D eigenvalue weighted by molar-refractivity contribution is -0.116. The topological polar surface area (TPSA) is 29.1 Å². The first-order valence-corrected chi connectivity index (χ1v) is 5.13. The van der Waals surface area contributed by atoms with Crippen molar-refractivity contribution in [3.8, 4) is 0 Å². The van der Waals surface area contributed by atoms with Crippen molar-refractivity contribution in [3.63, 3.8) is 0 Å². The fraction of sp³-hybridized carbons (Fsp3) is 0.417. The molecule has 0 saturated heterocycles. The Morgan fingerprint density at radius 3 is 2.80 bits per heavy atom. The van der Waals surface area contributed by atoms with Crippen LogP contribution in [0.3, 0.4) is 0 Å². The first-order chi connectivity index (χ1) is 7.08. The predicted octanol–water partition coefficient (Wildman–Crippen LogP) is 3.20. The quantitative estimate of drug-likeness (QED) is 0.810. The highest BCUT2D eigenvalue weighted by Gasteiger charge is 2.04. The fourth-order valence-electron chi connectivity index (χ4n) is 1.21. The summed E-state index contributed by atoms with van der Waals surface area (Å²) in [6.45, 7) is 4.13. The molecule has 0 fully saturated rings. The van der Waals surface area contributed by atoms with E-state index in [0.717, 1.165) is 6.42 Å². The van der Waals surface area contributed by atoms with Gasteiger partial charge in [-0.3, -0.25) is 4.79 Å². The Hall–Kier alpha value is -1.38. The molecule has 1 N–H and O–H groups in total. The summed E-state index contributed by atoms with van der Waals surface area (Å²) in [6, 6.07) is 5.92. The number of carbonyl (C=O) groups is 1. The van der Waals surface area contributed by atoms with Gasteiger partial charge < -0.3 is 5.32 Å². The van der Waals surface area contributed by atoms with Gasteiger partial charge in [0.15, 0.2) is 0 Å². The van der Waals surface area contributed by atoms with E-state index in [1.54, 1.807) is 12.1 Å². The summed E-state index contributed by atoms with van der Waals surface area (Å²) in [7, 11) is 0. The van der Waals surface area contributed by atoms with Crippen LogP contribution in [-0.2, 0) is 4.79 Å². The third-order valence-electron chi connectivity index (χ3n) is 2.06. The maximum atomic E-state index is 12.8. The van der Waals surface area contributed by atoms with E-state index < -0.39 is 0 Å². The van der Waals surface area contributed by atoms with E-state index in [1.165, 1.54) is 12.1 Å². The van der Waals surface area contributed by atoms with Gasteiger partial charge in [-0.15, -0.1) is 0 Å². The van der Waals surface area contributed by atoms with Crippen molar-refractivity contribution in [1.82, 2.24) is 0 Å². The molecule has 0 saturated carbocycles. The van der Waals surface area contributed by atoms with E-state index in [9.17, 15) is 9.18 Å². The van der Waals surface area contributed by atoms with Crippen LogP contribution in [0.5, 0.6) is 0 Å². The first-order valence-electron chi connectivity index (χ1n) is 5.13.